The van der Waals surface area contributed by atoms with Gasteiger partial charge in [-0.15, -0.1) is 0 Å². The van der Waals surface area contributed by atoms with Gasteiger partial charge in [0.15, 0.2) is 0 Å². The number of amides is 1. The Balaban J connectivity index is 1.54. The van der Waals surface area contributed by atoms with Crippen LogP contribution in [0.5, 0.6) is 0 Å². The molecule has 0 radical (unpaired) electrons. The van der Waals surface area contributed by atoms with Crippen molar-refractivity contribution in [3.05, 3.63) is 65.5 Å². The van der Waals surface area contributed by atoms with Crippen LogP contribution in [-0.4, -0.2) is 35.3 Å². The summed E-state index contributed by atoms with van der Waals surface area (Å²) in [5, 5.41) is 12.2. The third kappa shape index (κ3) is 4.40. The van der Waals surface area contributed by atoms with Gasteiger partial charge in [0.25, 0.3) is 0 Å². The van der Waals surface area contributed by atoms with Gasteiger partial charge in [-0.05, 0) is 35.2 Å². The van der Waals surface area contributed by atoms with Crippen molar-refractivity contribution in [1.82, 2.24) is 10.3 Å². The van der Waals surface area contributed by atoms with Crippen LogP contribution >= 0.6 is 0 Å². The van der Waals surface area contributed by atoms with Crippen molar-refractivity contribution in [3.8, 4) is 0 Å². The van der Waals surface area contributed by atoms with E-state index in [1.165, 1.54) is 5.56 Å². The molecule has 0 spiro atoms. The van der Waals surface area contributed by atoms with E-state index in [4.69, 9.17) is 9.84 Å². The number of aliphatic hydroxyl groups is 1. The number of ether oxygens (including phenoxy) is 1. The standard InChI is InChI=1S/C19H22N2O3/c22-11-16-3-1-14(2-4-16)10-19(23)21-18-13-24-12-17(18)9-15-5-7-20-8-6-15/h1-8,17-18,22H,9-13H2,(H,21,23). The lowest BCUT2D eigenvalue weighted by Crippen LogP contribution is -2.41. The van der Waals surface area contributed by atoms with Crippen LogP contribution in [0.25, 0.3) is 0 Å². The summed E-state index contributed by atoms with van der Waals surface area (Å²) in [6.07, 6.45) is 4.78. The van der Waals surface area contributed by atoms with Crippen LogP contribution in [0, 0.1) is 5.92 Å². The fourth-order valence-corrected chi connectivity index (χ4v) is 2.99. The summed E-state index contributed by atoms with van der Waals surface area (Å²) in [7, 11) is 0. The lowest BCUT2D eigenvalue weighted by Gasteiger charge is -2.19. The highest BCUT2D eigenvalue weighted by atomic mass is 16.5. The average molecular weight is 326 g/mol. The minimum atomic E-state index is 0.00183. The number of carbonyl (C=O) groups excluding carboxylic acids is 1. The van der Waals surface area contributed by atoms with E-state index in [-0.39, 0.29) is 24.5 Å². The molecule has 1 aliphatic heterocycles. The Morgan fingerprint density at radius 2 is 1.79 bits per heavy atom. The van der Waals surface area contributed by atoms with Crippen molar-refractivity contribution in [2.45, 2.75) is 25.5 Å². The van der Waals surface area contributed by atoms with Crippen molar-refractivity contribution in [1.29, 1.82) is 0 Å². The minimum Gasteiger partial charge on any atom is -0.392 e. The molecule has 2 N–H and O–H groups in total. The summed E-state index contributed by atoms with van der Waals surface area (Å²) >= 11 is 0. The summed E-state index contributed by atoms with van der Waals surface area (Å²) in [5.41, 5.74) is 2.99. The van der Waals surface area contributed by atoms with E-state index in [1.54, 1.807) is 12.4 Å². The average Bonchev–Trinajstić information content (AvgIpc) is 3.03. The second kappa shape index (κ2) is 8.04. The number of aromatic nitrogens is 1. The summed E-state index contributed by atoms with van der Waals surface area (Å²) in [4.78, 5) is 16.3. The fraction of sp³-hybridized carbons (Fsp3) is 0.368. The van der Waals surface area contributed by atoms with E-state index < -0.39 is 0 Å². The highest BCUT2D eigenvalue weighted by molar-refractivity contribution is 5.79. The van der Waals surface area contributed by atoms with Crippen LogP contribution < -0.4 is 5.32 Å². The minimum absolute atomic E-state index is 0.00183. The first kappa shape index (κ1) is 16.6. The molecule has 2 heterocycles. The van der Waals surface area contributed by atoms with E-state index in [1.807, 2.05) is 36.4 Å². The van der Waals surface area contributed by atoms with Gasteiger partial charge in [0.2, 0.25) is 5.91 Å². The molecule has 5 nitrogen and oxygen atoms in total. The van der Waals surface area contributed by atoms with Crippen molar-refractivity contribution in [3.63, 3.8) is 0 Å². The molecule has 24 heavy (non-hydrogen) atoms. The van der Waals surface area contributed by atoms with Gasteiger partial charge in [0.05, 0.1) is 32.3 Å². The molecule has 1 fully saturated rings. The van der Waals surface area contributed by atoms with Crippen molar-refractivity contribution in [2.24, 2.45) is 5.92 Å². The maximum absolute atomic E-state index is 12.3. The molecule has 1 aromatic carbocycles. The van der Waals surface area contributed by atoms with Crippen LogP contribution in [0.15, 0.2) is 48.8 Å². The van der Waals surface area contributed by atoms with Gasteiger partial charge in [-0.1, -0.05) is 24.3 Å². The molecular weight excluding hydrogens is 304 g/mol. The first-order chi connectivity index (χ1) is 11.7. The Hall–Kier alpha value is -2.24. The highest BCUT2D eigenvalue weighted by Crippen LogP contribution is 2.19. The van der Waals surface area contributed by atoms with Gasteiger partial charge in [-0.3, -0.25) is 9.78 Å². The SMILES string of the molecule is O=C(Cc1ccc(CO)cc1)NC1COCC1Cc1ccncc1. The van der Waals surface area contributed by atoms with Gasteiger partial charge in [-0.2, -0.15) is 0 Å². The number of hydrogen-bond acceptors (Lipinski definition) is 4. The Bertz CT molecular complexity index is 658. The third-order valence-corrected chi connectivity index (χ3v) is 4.36. The summed E-state index contributed by atoms with van der Waals surface area (Å²) in [5.74, 6) is 0.287. The zero-order chi connectivity index (χ0) is 16.8. The number of rotatable bonds is 6. The number of pyridine rings is 1. The van der Waals surface area contributed by atoms with Crippen LogP contribution in [0.4, 0.5) is 0 Å². The molecular formula is C19H22N2O3. The lowest BCUT2D eigenvalue weighted by molar-refractivity contribution is -0.121. The van der Waals surface area contributed by atoms with E-state index >= 15 is 0 Å². The maximum Gasteiger partial charge on any atom is 0.224 e. The van der Waals surface area contributed by atoms with Crippen LogP contribution in [0.2, 0.25) is 0 Å². The second-order valence-corrected chi connectivity index (χ2v) is 6.18. The van der Waals surface area contributed by atoms with E-state index in [0.29, 0.717) is 19.6 Å². The molecule has 0 bridgehead atoms. The number of carbonyl (C=O) groups is 1. The zero-order valence-corrected chi connectivity index (χ0v) is 13.5. The summed E-state index contributed by atoms with van der Waals surface area (Å²) in [6.45, 7) is 1.24. The topological polar surface area (TPSA) is 71.5 Å². The molecule has 1 aromatic heterocycles. The Morgan fingerprint density at radius 1 is 1.08 bits per heavy atom. The summed E-state index contributed by atoms with van der Waals surface area (Å²) in [6, 6.07) is 11.5. The largest absolute Gasteiger partial charge is 0.392 e. The molecule has 0 saturated carbocycles. The molecule has 2 aromatic rings. The number of hydrogen-bond donors (Lipinski definition) is 2. The van der Waals surface area contributed by atoms with Gasteiger partial charge in [-0.25, -0.2) is 0 Å². The van der Waals surface area contributed by atoms with Crippen molar-refractivity contribution in [2.75, 3.05) is 13.2 Å². The second-order valence-electron chi connectivity index (χ2n) is 6.18. The quantitative estimate of drug-likeness (QED) is 0.844. The number of nitrogens with one attached hydrogen (secondary N) is 1. The Kier molecular flexibility index (Phi) is 5.56. The molecule has 0 aliphatic carbocycles. The molecule has 1 aliphatic rings. The molecule has 126 valence electrons. The monoisotopic (exact) mass is 326 g/mol. The van der Waals surface area contributed by atoms with Crippen LogP contribution in [0.3, 0.4) is 0 Å². The lowest BCUT2D eigenvalue weighted by atomic mass is 9.95. The summed E-state index contributed by atoms with van der Waals surface area (Å²) < 4.78 is 5.57. The first-order valence-electron chi connectivity index (χ1n) is 8.19. The molecule has 3 rings (SSSR count). The predicted molar refractivity (Wildman–Crippen MR) is 90.2 cm³/mol. The van der Waals surface area contributed by atoms with Crippen molar-refractivity contribution >= 4 is 5.91 Å². The smallest absolute Gasteiger partial charge is 0.224 e. The first-order valence-corrected chi connectivity index (χ1v) is 8.19. The van der Waals surface area contributed by atoms with Crippen LogP contribution in [0.1, 0.15) is 16.7 Å². The van der Waals surface area contributed by atoms with Crippen LogP contribution in [-0.2, 0) is 29.0 Å². The third-order valence-electron chi connectivity index (χ3n) is 4.36. The number of nitrogens with zero attached hydrogens (tertiary/aromatic N) is 1. The van der Waals surface area contributed by atoms with Crippen molar-refractivity contribution < 1.29 is 14.6 Å². The van der Waals surface area contributed by atoms with E-state index in [9.17, 15) is 4.79 Å². The maximum atomic E-state index is 12.3. The Labute approximate surface area is 141 Å². The molecule has 2 unspecified atom stereocenters. The molecule has 1 amide bonds. The number of benzene rings is 1. The Morgan fingerprint density at radius 3 is 2.50 bits per heavy atom. The predicted octanol–water partition coefficient (Wildman–Crippen LogP) is 1.49. The normalized spacial score (nSPS) is 20.0. The molecule has 1 saturated heterocycles. The number of aliphatic hydroxyl groups excluding tert-OH is 1. The van der Waals surface area contributed by atoms with Gasteiger partial charge in [0.1, 0.15) is 0 Å². The van der Waals surface area contributed by atoms with Gasteiger partial charge < -0.3 is 15.2 Å². The van der Waals surface area contributed by atoms with Gasteiger partial charge >= 0.3 is 0 Å². The molecule has 5 heteroatoms. The molecule has 2 atom stereocenters. The fourth-order valence-electron chi connectivity index (χ4n) is 2.99. The van der Waals surface area contributed by atoms with Gasteiger partial charge in [0, 0.05) is 18.3 Å². The van der Waals surface area contributed by atoms with E-state index in [2.05, 4.69) is 10.3 Å². The zero-order valence-electron chi connectivity index (χ0n) is 13.5. The highest BCUT2D eigenvalue weighted by Gasteiger charge is 2.29. The van der Waals surface area contributed by atoms with E-state index in [0.717, 1.165) is 17.5 Å².